The zero-order valence-corrected chi connectivity index (χ0v) is 64.3. The number of para-hydroxylation sites is 11. The molecule has 4 aliphatic rings. The number of hydrogen-bond acceptors (Lipinski definition) is 2. The molecule has 0 aliphatic carbocycles. The van der Waals surface area contributed by atoms with Crippen LogP contribution in [0, 0.1) is 0 Å². The Morgan fingerprint density at radius 2 is 0.610 bits per heavy atom. The van der Waals surface area contributed by atoms with Crippen molar-refractivity contribution in [3.05, 3.63) is 433 Å². The lowest BCUT2D eigenvalue weighted by molar-refractivity contribution is 0.438. The smallest absolute Gasteiger partial charge is 0.156 e. The van der Waals surface area contributed by atoms with E-state index in [0.29, 0.717) is 0 Å². The van der Waals surface area contributed by atoms with E-state index in [1.807, 2.05) is 11.8 Å². The standard InChI is InChI=1S/C110H64N6OS/c1-11-39-90-71(24-1)72-25-2-12-40-91(72)111(90)66-51-53-68(54-52-66)113-92-41-13-5-28-75(92)81-63-89-103(64-100(81)113)118-102-49-20-10-36-85(102)110(89)83-34-8-18-46-98(83)116-96-61-50-65(62-80(96)77-32-22-38-87(110)106(77)116)70-30-23-47-99-104(70)79-29-6-16-44-95(79)112(99)67-55-57-69(58-56-67)114-93-42-14-3-27-74(93)78-59-60-88-108(107(78)114)117-101-48-19-9-35-84(101)109(88)82-33-7-17-45-97(82)115-94-43-15-4-26-73(94)76-31-21-37-86(109)105(76)115/h1-64H. The molecule has 546 valence electrons. The molecule has 0 saturated heterocycles. The summed E-state index contributed by atoms with van der Waals surface area (Å²) in [6.45, 7) is 0. The van der Waals surface area contributed by atoms with Crippen LogP contribution in [-0.4, -0.2) is 27.4 Å². The molecule has 0 bridgehead atoms. The summed E-state index contributed by atoms with van der Waals surface area (Å²) in [5, 5.41) is 14.7. The lowest BCUT2D eigenvalue weighted by Gasteiger charge is -2.45. The van der Waals surface area contributed by atoms with Gasteiger partial charge in [0, 0.05) is 108 Å². The number of aromatic nitrogens is 6. The summed E-state index contributed by atoms with van der Waals surface area (Å²) in [4.78, 5) is 2.52. The van der Waals surface area contributed by atoms with Crippen LogP contribution in [0.1, 0.15) is 44.5 Å². The van der Waals surface area contributed by atoms with Crippen molar-refractivity contribution in [2.24, 2.45) is 0 Å². The van der Waals surface area contributed by atoms with Crippen LogP contribution < -0.4 is 4.74 Å². The van der Waals surface area contributed by atoms with Crippen molar-refractivity contribution >= 4 is 143 Å². The van der Waals surface area contributed by atoms with Gasteiger partial charge < -0.3 is 32.1 Å². The molecule has 2 atom stereocenters. The number of fused-ring (bicyclic) bond motifs is 35. The monoisotopic (exact) mass is 1520 g/mol. The third-order valence-corrected chi connectivity index (χ3v) is 28.2. The van der Waals surface area contributed by atoms with E-state index in [-0.39, 0.29) is 0 Å². The second-order valence-corrected chi connectivity index (χ2v) is 33.5. The molecule has 4 aliphatic heterocycles. The number of rotatable bonds is 5. The van der Waals surface area contributed by atoms with E-state index >= 15 is 0 Å². The van der Waals surface area contributed by atoms with Crippen LogP contribution in [0.3, 0.4) is 0 Å². The fraction of sp³-hybridized carbons (Fsp3) is 0.0182. The van der Waals surface area contributed by atoms with Crippen molar-refractivity contribution in [1.29, 1.82) is 0 Å². The molecule has 24 aromatic rings. The van der Waals surface area contributed by atoms with Crippen LogP contribution in [0.4, 0.5) is 0 Å². The lowest BCUT2D eigenvalue weighted by atomic mass is 9.61. The van der Waals surface area contributed by atoms with Gasteiger partial charge >= 0.3 is 0 Å². The Morgan fingerprint density at radius 1 is 0.212 bits per heavy atom. The van der Waals surface area contributed by atoms with Crippen molar-refractivity contribution in [3.8, 4) is 56.8 Å². The largest absolute Gasteiger partial charge is 0.454 e. The maximum Gasteiger partial charge on any atom is 0.156 e. The van der Waals surface area contributed by atoms with Crippen LogP contribution >= 0.6 is 11.8 Å². The molecule has 7 nitrogen and oxygen atoms in total. The first kappa shape index (κ1) is 63.3. The van der Waals surface area contributed by atoms with Gasteiger partial charge in [-0.25, -0.2) is 0 Å². The Morgan fingerprint density at radius 3 is 1.22 bits per heavy atom. The molecule has 0 fully saturated rings. The summed E-state index contributed by atoms with van der Waals surface area (Å²) in [5.41, 5.74) is 31.7. The second-order valence-electron chi connectivity index (χ2n) is 32.4. The molecule has 10 heterocycles. The van der Waals surface area contributed by atoms with Crippen molar-refractivity contribution < 1.29 is 4.74 Å². The molecular weight excluding hydrogens is 1450 g/mol. The number of ether oxygens (including phenoxy) is 1. The zero-order chi connectivity index (χ0) is 76.5. The van der Waals surface area contributed by atoms with Crippen molar-refractivity contribution in [1.82, 2.24) is 27.4 Å². The van der Waals surface area contributed by atoms with E-state index < -0.39 is 10.8 Å². The lowest BCUT2D eigenvalue weighted by Crippen LogP contribution is -2.37. The molecule has 6 aromatic heterocycles. The molecule has 0 amide bonds. The summed E-state index contributed by atoms with van der Waals surface area (Å²) in [5.74, 6) is 1.72. The first-order valence-electron chi connectivity index (χ1n) is 40.8. The van der Waals surface area contributed by atoms with Gasteiger partial charge in [-0.3, -0.25) is 0 Å². The molecule has 8 heteroatoms. The van der Waals surface area contributed by atoms with Gasteiger partial charge in [-0.1, -0.05) is 260 Å². The van der Waals surface area contributed by atoms with E-state index in [1.54, 1.807) is 0 Å². The Kier molecular flexibility index (Phi) is 12.3. The van der Waals surface area contributed by atoms with E-state index in [0.717, 1.165) is 72.8 Å². The zero-order valence-electron chi connectivity index (χ0n) is 63.5. The highest BCUT2D eigenvalue weighted by molar-refractivity contribution is 7.99. The molecule has 118 heavy (non-hydrogen) atoms. The van der Waals surface area contributed by atoms with Crippen LogP contribution in [0.25, 0.3) is 176 Å². The highest BCUT2D eigenvalue weighted by Crippen LogP contribution is 2.65. The van der Waals surface area contributed by atoms with E-state index in [1.165, 1.54) is 169 Å². The maximum absolute atomic E-state index is 7.54. The van der Waals surface area contributed by atoms with Crippen LogP contribution in [0.2, 0.25) is 0 Å². The number of hydrogen-bond donors (Lipinski definition) is 0. The van der Waals surface area contributed by atoms with Gasteiger partial charge in [-0.15, -0.1) is 0 Å². The molecule has 18 aromatic carbocycles. The fourth-order valence-electron chi connectivity index (χ4n) is 22.6. The van der Waals surface area contributed by atoms with Crippen LogP contribution in [0.15, 0.2) is 398 Å². The molecule has 0 N–H and O–H groups in total. The normalized spacial score (nSPS) is 15.6. The van der Waals surface area contributed by atoms with Gasteiger partial charge in [0.2, 0.25) is 0 Å². The van der Waals surface area contributed by atoms with Gasteiger partial charge in [0.25, 0.3) is 0 Å². The first-order chi connectivity index (χ1) is 58.6. The van der Waals surface area contributed by atoms with Crippen LogP contribution in [0.5, 0.6) is 11.5 Å². The number of nitrogens with zero attached hydrogens (tertiary/aromatic N) is 6. The summed E-state index contributed by atoms with van der Waals surface area (Å²) >= 11 is 1.91. The van der Waals surface area contributed by atoms with Crippen molar-refractivity contribution in [2.45, 2.75) is 20.6 Å². The Balaban J connectivity index is 0.594. The highest BCUT2D eigenvalue weighted by atomic mass is 32.2. The second kappa shape index (κ2) is 22.9. The summed E-state index contributed by atoms with van der Waals surface area (Å²) < 4.78 is 22.5. The van der Waals surface area contributed by atoms with Crippen LogP contribution in [-0.2, 0) is 10.8 Å². The van der Waals surface area contributed by atoms with Gasteiger partial charge in [-0.2, -0.15) is 0 Å². The average Bonchev–Trinajstić information content (AvgIpc) is 1.31. The third kappa shape index (κ3) is 7.82. The minimum Gasteiger partial charge on any atom is -0.454 e. The Labute approximate surface area is 680 Å². The van der Waals surface area contributed by atoms with Gasteiger partial charge in [-0.05, 0) is 184 Å². The van der Waals surface area contributed by atoms with Gasteiger partial charge in [0.1, 0.15) is 5.75 Å². The predicted octanol–water partition coefficient (Wildman–Crippen LogP) is 27.9. The van der Waals surface area contributed by atoms with E-state index in [9.17, 15) is 0 Å². The van der Waals surface area contributed by atoms with E-state index in [2.05, 4.69) is 416 Å². The molecule has 28 rings (SSSR count). The minimum atomic E-state index is -0.722. The minimum absolute atomic E-state index is 0.676. The average molecular weight is 1520 g/mol. The van der Waals surface area contributed by atoms with Crippen molar-refractivity contribution in [2.75, 3.05) is 0 Å². The Hall–Kier alpha value is -15.1. The maximum atomic E-state index is 7.54. The first-order valence-corrected chi connectivity index (χ1v) is 41.6. The quantitative estimate of drug-likeness (QED) is 0.172. The molecule has 0 radical (unpaired) electrons. The predicted molar refractivity (Wildman–Crippen MR) is 486 cm³/mol. The summed E-state index contributed by atoms with van der Waals surface area (Å²) in [6.07, 6.45) is 0. The van der Waals surface area contributed by atoms with E-state index in [4.69, 9.17) is 4.74 Å². The third-order valence-electron chi connectivity index (χ3n) is 27.1. The summed E-state index contributed by atoms with van der Waals surface area (Å²) in [6, 6.07) is 146. The topological polar surface area (TPSA) is 38.8 Å². The van der Waals surface area contributed by atoms with Gasteiger partial charge in [0.15, 0.2) is 5.75 Å². The molecule has 2 unspecified atom stereocenters. The highest BCUT2D eigenvalue weighted by Gasteiger charge is 2.53. The number of benzene rings is 18. The fourth-order valence-corrected chi connectivity index (χ4v) is 23.8. The Bertz CT molecular complexity index is 8600. The SMILES string of the molecule is c1ccc2c(c1)Oc1c(ccc3c4ccccc4n(-c4ccc(-n5c6ccccc6c6c(-c7ccc8c(c7)c7cccc9c7n8-c7ccccc7C97c8ccccc8Sc8cc9c(cc87)c7ccccc7n9-c7ccc(-n8c9ccccc9c9ccccc98)cc7)cccc65)cc4)c13)C21c2ccccc2-n2c3ccccc3c3cccc1c32. The van der Waals surface area contributed by atoms with Crippen molar-refractivity contribution in [3.63, 3.8) is 0 Å². The molecular formula is C110H64N6OS. The van der Waals surface area contributed by atoms with Gasteiger partial charge in [0.05, 0.1) is 88.4 Å². The molecule has 0 saturated carbocycles. The molecule has 2 spiro atoms. The summed E-state index contributed by atoms with van der Waals surface area (Å²) in [7, 11) is 0.